The van der Waals surface area contributed by atoms with Crippen LogP contribution in [0.2, 0.25) is 0 Å². The Morgan fingerprint density at radius 3 is 2.60 bits per heavy atom. The van der Waals surface area contributed by atoms with Crippen molar-refractivity contribution in [2.24, 2.45) is 17.1 Å². The van der Waals surface area contributed by atoms with Crippen LogP contribution in [0.3, 0.4) is 0 Å². The second-order valence-electron chi connectivity index (χ2n) is 5.48. The Morgan fingerprint density at radius 1 is 1.33 bits per heavy atom. The monoisotopic (exact) mass is 212 g/mol. The van der Waals surface area contributed by atoms with Gasteiger partial charge in [-0.2, -0.15) is 0 Å². The molecule has 1 aliphatic carbocycles. The Balaban J connectivity index is 1.90. The van der Waals surface area contributed by atoms with Gasteiger partial charge in [-0.15, -0.1) is 0 Å². The first-order valence-electron chi connectivity index (χ1n) is 6.61. The molecule has 90 valence electrons. The van der Waals surface area contributed by atoms with Gasteiger partial charge < -0.3 is 11.1 Å². The summed E-state index contributed by atoms with van der Waals surface area (Å²) in [4.78, 5) is 0. The molecular formula is C13H28N2. The van der Waals surface area contributed by atoms with Crippen LogP contribution in [0.1, 0.15) is 52.4 Å². The lowest BCUT2D eigenvalue weighted by atomic mass is 9.97. The normalized spacial score (nSPS) is 20.2. The summed E-state index contributed by atoms with van der Waals surface area (Å²) >= 11 is 0. The van der Waals surface area contributed by atoms with Crippen LogP contribution in [0.25, 0.3) is 0 Å². The van der Waals surface area contributed by atoms with Gasteiger partial charge in [0.1, 0.15) is 0 Å². The largest absolute Gasteiger partial charge is 0.330 e. The molecule has 1 rings (SSSR count). The van der Waals surface area contributed by atoms with Crippen molar-refractivity contribution in [3.8, 4) is 0 Å². The van der Waals surface area contributed by atoms with Gasteiger partial charge in [0.25, 0.3) is 0 Å². The summed E-state index contributed by atoms with van der Waals surface area (Å²) in [5, 5.41) is 3.58. The fourth-order valence-corrected chi connectivity index (χ4v) is 2.08. The number of nitrogens with two attached hydrogens (primary N) is 1. The van der Waals surface area contributed by atoms with Gasteiger partial charge in [0.05, 0.1) is 0 Å². The number of hydrogen-bond acceptors (Lipinski definition) is 2. The van der Waals surface area contributed by atoms with Crippen molar-refractivity contribution < 1.29 is 0 Å². The van der Waals surface area contributed by atoms with Gasteiger partial charge in [-0.05, 0) is 56.5 Å². The van der Waals surface area contributed by atoms with Gasteiger partial charge in [-0.1, -0.05) is 20.3 Å². The highest BCUT2D eigenvalue weighted by Crippen LogP contribution is 2.43. The molecule has 1 unspecified atom stereocenters. The van der Waals surface area contributed by atoms with Crippen LogP contribution in [0.5, 0.6) is 0 Å². The molecule has 0 saturated heterocycles. The van der Waals surface area contributed by atoms with Crippen LogP contribution in [-0.2, 0) is 0 Å². The molecule has 0 bridgehead atoms. The number of rotatable bonds is 9. The van der Waals surface area contributed by atoms with Gasteiger partial charge in [-0.3, -0.25) is 0 Å². The van der Waals surface area contributed by atoms with E-state index >= 15 is 0 Å². The zero-order valence-electron chi connectivity index (χ0n) is 10.5. The molecule has 2 nitrogen and oxygen atoms in total. The van der Waals surface area contributed by atoms with Crippen LogP contribution in [0, 0.1) is 11.3 Å². The van der Waals surface area contributed by atoms with E-state index in [9.17, 15) is 0 Å². The summed E-state index contributed by atoms with van der Waals surface area (Å²) in [7, 11) is 0. The summed E-state index contributed by atoms with van der Waals surface area (Å²) in [6.45, 7) is 7.92. The Labute approximate surface area is 95.0 Å². The third-order valence-corrected chi connectivity index (χ3v) is 3.77. The maximum atomic E-state index is 5.59. The van der Waals surface area contributed by atoms with Crippen molar-refractivity contribution in [2.45, 2.75) is 52.4 Å². The number of nitrogens with one attached hydrogen (secondary N) is 1. The molecule has 2 heteroatoms. The molecule has 1 atom stereocenters. The Kier molecular flexibility index (Phi) is 5.62. The Bertz CT molecular complexity index is 164. The summed E-state index contributed by atoms with van der Waals surface area (Å²) in [5.74, 6) is 0.855. The fraction of sp³-hybridized carbons (Fsp3) is 1.00. The lowest BCUT2D eigenvalue weighted by Gasteiger charge is -2.14. The molecule has 0 spiro atoms. The molecule has 1 saturated carbocycles. The predicted octanol–water partition coefficient (Wildman–Crippen LogP) is 2.53. The highest BCUT2D eigenvalue weighted by molar-refractivity contribution is 4.90. The van der Waals surface area contributed by atoms with Crippen molar-refractivity contribution in [2.75, 3.05) is 19.6 Å². The summed E-state index contributed by atoms with van der Waals surface area (Å²) in [6.07, 6.45) is 7.99. The van der Waals surface area contributed by atoms with E-state index in [2.05, 4.69) is 19.2 Å². The SMILES string of the molecule is CCC(CCN)CCCNCC1(C)CC1. The quantitative estimate of drug-likeness (QED) is 0.576. The lowest BCUT2D eigenvalue weighted by molar-refractivity contribution is 0.412. The lowest BCUT2D eigenvalue weighted by Crippen LogP contribution is -2.23. The van der Waals surface area contributed by atoms with E-state index in [1.165, 1.54) is 51.6 Å². The van der Waals surface area contributed by atoms with Gasteiger partial charge in [0, 0.05) is 6.54 Å². The molecule has 0 amide bonds. The van der Waals surface area contributed by atoms with E-state index in [0.717, 1.165) is 12.5 Å². The van der Waals surface area contributed by atoms with Crippen molar-refractivity contribution >= 4 is 0 Å². The third kappa shape index (κ3) is 5.53. The average molecular weight is 212 g/mol. The van der Waals surface area contributed by atoms with Crippen molar-refractivity contribution in [3.05, 3.63) is 0 Å². The molecule has 1 aliphatic rings. The topological polar surface area (TPSA) is 38.0 Å². The van der Waals surface area contributed by atoms with Crippen molar-refractivity contribution in [1.29, 1.82) is 0 Å². The first-order chi connectivity index (χ1) is 7.20. The van der Waals surface area contributed by atoms with Gasteiger partial charge in [0.2, 0.25) is 0 Å². The van der Waals surface area contributed by atoms with E-state index in [-0.39, 0.29) is 0 Å². The van der Waals surface area contributed by atoms with Crippen molar-refractivity contribution in [1.82, 2.24) is 5.32 Å². The maximum absolute atomic E-state index is 5.59. The van der Waals surface area contributed by atoms with Crippen LogP contribution >= 0.6 is 0 Å². The van der Waals surface area contributed by atoms with Crippen LogP contribution < -0.4 is 11.1 Å². The summed E-state index contributed by atoms with van der Waals surface area (Å²) < 4.78 is 0. The minimum Gasteiger partial charge on any atom is -0.330 e. The van der Waals surface area contributed by atoms with Crippen LogP contribution in [0.15, 0.2) is 0 Å². The van der Waals surface area contributed by atoms with Crippen LogP contribution in [0.4, 0.5) is 0 Å². The molecule has 0 radical (unpaired) electrons. The van der Waals surface area contributed by atoms with E-state index in [0.29, 0.717) is 5.41 Å². The smallest absolute Gasteiger partial charge is 0.000517 e. The average Bonchev–Trinajstić information content (AvgIpc) is 2.95. The fourth-order valence-electron chi connectivity index (χ4n) is 2.08. The number of hydrogen-bond donors (Lipinski definition) is 2. The molecule has 0 aromatic rings. The first kappa shape index (κ1) is 13.0. The van der Waals surface area contributed by atoms with E-state index in [4.69, 9.17) is 5.73 Å². The molecule has 0 aromatic heterocycles. The second-order valence-corrected chi connectivity index (χ2v) is 5.48. The highest BCUT2D eigenvalue weighted by atomic mass is 14.9. The molecular weight excluding hydrogens is 184 g/mol. The third-order valence-electron chi connectivity index (χ3n) is 3.77. The minimum atomic E-state index is 0.654. The Morgan fingerprint density at radius 2 is 2.07 bits per heavy atom. The molecule has 0 aromatic carbocycles. The van der Waals surface area contributed by atoms with E-state index in [1.54, 1.807) is 0 Å². The van der Waals surface area contributed by atoms with E-state index < -0.39 is 0 Å². The molecule has 0 heterocycles. The molecule has 3 N–H and O–H groups in total. The van der Waals surface area contributed by atoms with E-state index in [1.807, 2.05) is 0 Å². The van der Waals surface area contributed by atoms with Gasteiger partial charge in [-0.25, -0.2) is 0 Å². The molecule has 15 heavy (non-hydrogen) atoms. The highest BCUT2D eigenvalue weighted by Gasteiger charge is 2.36. The zero-order valence-corrected chi connectivity index (χ0v) is 10.5. The standard InChI is InChI=1S/C13H28N2/c1-3-12(6-9-14)5-4-10-15-11-13(2)7-8-13/h12,15H,3-11,14H2,1-2H3. The van der Waals surface area contributed by atoms with Gasteiger partial charge >= 0.3 is 0 Å². The zero-order chi connectivity index (χ0) is 11.1. The minimum absolute atomic E-state index is 0.654. The van der Waals surface area contributed by atoms with Crippen molar-refractivity contribution in [3.63, 3.8) is 0 Å². The predicted molar refractivity (Wildman–Crippen MR) is 66.9 cm³/mol. The maximum Gasteiger partial charge on any atom is 0.000517 e. The second kappa shape index (κ2) is 6.49. The molecule has 1 fully saturated rings. The molecule has 0 aliphatic heterocycles. The summed E-state index contributed by atoms with van der Waals surface area (Å²) in [6, 6.07) is 0. The first-order valence-corrected chi connectivity index (χ1v) is 6.61. The summed E-state index contributed by atoms with van der Waals surface area (Å²) in [5.41, 5.74) is 6.24. The van der Waals surface area contributed by atoms with Crippen LogP contribution in [-0.4, -0.2) is 19.6 Å². The Hall–Kier alpha value is -0.0800. The van der Waals surface area contributed by atoms with Gasteiger partial charge in [0.15, 0.2) is 0 Å².